The standard InChI is InChI=1S/C15H23NO2/c1-5-6-7-10-16(3,4)15(18)13-9-8-12(2)11-14(13)17/h8-9,11H,5-7,10H2,1-4H3/p+1. The molecule has 0 aliphatic rings. The normalized spacial score (nSPS) is 11.6. The van der Waals surface area contributed by atoms with Crippen LogP contribution in [0.5, 0.6) is 5.75 Å². The largest absolute Gasteiger partial charge is 0.507 e. The molecule has 18 heavy (non-hydrogen) atoms. The van der Waals surface area contributed by atoms with Crippen molar-refractivity contribution in [1.82, 2.24) is 0 Å². The summed E-state index contributed by atoms with van der Waals surface area (Å²) < 4.78 is 0.288. The molecular weight excluding hydrogens is 226 g/mol. The maximum absolute atomic E-state index is 12.4. The molecule has 3 nitrogen and oxygen atoms in total. The average Bonchev–Trinajstić information content (AvgIpc) is 2.28. The lowest BCUT2D eigenvalue weighted by molar-refractivity contribution is -0.807. The molecule has 0 aliphatic heterocycles. The molecular formula is C15H24NO2+. The Morgan fingerprint density at radius 3 is 2.50 bits per heavy atom. The Kier molecular flexibility index (Phi) is 4.91. The molecule has 1 N–H and O–H groups in total. The minimum atomic E-state index is -0.0244. The van der Waals surface area contributed by atoms with E-state index in [1.807, 2.05) is 27.1 Å². The zero-order chi connectivity index (χ0) is 13.8. The van der Waals surface area contributed by atoms with Gasteiger partial charge in [0.05, 0.1) is 20.6 Å². The predicted molar refractivity (Wildman–Crippen MR) is 73.7 cm³/mol. The fourth-order valence-corrected chi connectivity index (χ4v) is 2.01. The highest BCUT2D eigenvalue weighted by atomic mass is 16.3. The van der Waals surface area contributed by atoms with Crippen LogP contribution in [0.2, 0.25) is 0 Å². The Morgan fingerprint density at radius 1 is 1.28 bits per heavy atom. The Bertz CT molecular complexity index is 425. The number of amides is 1. The fraction of sp³-hybridized carbons (Fsp3) is 0.533. The number of benzene rings is 1. The molecule has 3 heteroatoms. The molecule has 0 spiro atoms. The van der Waals surface area contributed by atoms with E-state index in [9.17, 15) is 9.90 Å². The Labute approximate surface area is 110 Å². The summed E-state index contributed by atoms with van der Waals surface area (Å²) >= 11 is 0. The number of hydrogen-bond donors (Lipinski definition) is 1. The fourth-order valence-electron chi connectivity index (χ4n) is 2.01. The number of aromatic hydroxyl groups is 1. The average molecular weight is 250 g/mol. The number of quaternary nitrogens is 1. The number of hydrogen-bond acceptors (Lipinski definition) is 2. The van der Waals surface area contributed by atoms with E-state index < -0.39 is 0 Å². The van der Waals surface area contributed by atoms with E-state index in [1.54, 1.807) is 12.1 Å². The first-order valence-electron chi connectivity index (χ1n) is 6.56. The van der Waals surface area contributed by atoms with Crippen molar-refractivity contribution in [3.05, 3.63) is 29.3 Å². The molecule has 0 saturated heterocycles. The van der Waals surface area contributed by atoms with Gasteiger partial charge in [-0.1, -0.05) is 19.4 Å². The van der Waals surface area contributed by atoms with Gasteiger partial charge in [-0.2, -0.15) is 0 Å². The van der Waals surface area contributed by atoms with Crippen molar-refractivity contribution in [2.24, 2.45) is 0 Å². The number of carbonyl (C=O) groups is 1. The van der Waals surface area contributed by atoms with E-state index in [0.29, 0.717) is 5.56 Å². The third-order valence-corrected chi connectivity index (χ3v) is 3.25. The van der Waals surface area contributed by atoms with Gasteiger partial charge in [0.2, 0.25) is 0 Å². The molecule has 0 heterocycles. The van der Waals surface area contributed by atoms with Gasteiger partial charge < -0.3 is 5.11 Å². The van der Waals surface area contributed by atoms with Crippen LogP contribution in [0.4, 0.5) is 0 Å². The van der Waals surface area contributed by atoms with E-state index in [0.717, 1.165) is 31.4 Å². The molecule has 1 aromatic carbocycles. The van der Waals surface area contributed by atoms with Crippen LogP contribution < -0.4 is 0 Å². The van der Waals surface area contributed by atoms with E-state index in [4.69, 9.17) is 0 Å². The van der Waals surface area contributed by atoms with E-state index in [-0.39, 0.29) is 16.1 Å². The quantitative estimate of drug-likeness (QED) is 0.644. The van der Waals surface area contributed by atoms with Crippen LogP contribution in [-0.2, 0) is 0 Å². The number of rotatable bonds is 5. The lowest BCUT2D eigenvalue weighted by Crippen LogP contribution is -2.46. The summed E-state index contributed by atoms with van der Waals surface area (Å²) in [6, 6.07) is 5.21. The van der Waals surface area contributed by atoms with Crippen LogP contribution in [0.25, 0.3) is 0 Å². The van der Waals surface area contributed by atoms with Crippen LogP contribution in [0.1, 0.15) is 42.1 Å². The minimum Gasteiger partial charge on any atom is -0.507 e. The zero-order valence-electron chi connectivity index (χ0n) is 11.9. The maximum atomic E-state index is 12.4. The third kappa shape index (κ3) is 3.57. The highest BCUT2D eigenvalue weighted by Gasteiger charge is 2.29. The number of aryl methyl sites for hydroxylation is 1. The summed E-state index contributed by atoms with van der Waals surface area (Å²) in [6.45, 7) is 4.85. The lowest BCUT2D eigenvalue weighted by atomic mass is 10.1. The van der Waals surface area contributed by atoms with E-state index in [2.05, 4.69) is 6.92 Å². The maximum Gasteiger partial charge on any atom is 0.349 e. The van der Waals surface area contributed by atoms with Crippen LogP contribution in [-0.4, -0.2) is 36.1 Å². The first-order chi connectivity index (χ1) is 8.38. The van der Waals surface area contributed by atoms with Gasteiger partial charge in [-0.3, -0.25) is 4.48 Å². The molecule has 100 valence electrons. The second-order valence-electron chi connectivity index (χ2n) is 5.44. The van der Waals surface area contributed by atoms with Crippen LogP contribution in [0.3, 0.4) is 0 Å². The molecule has 1 amide bonds. The number of carbonyl (C=O) groups excluding carboxylic acids is 1. The molecule has 0 aromatic heterocycles. The summed E-state index contributed by atoms with van der Waals surface area (Å²) in [7, 11) is 3.80. The number of phenols is 1. The van der Waals surface area contributed by atoms with Gasteiger partial charge in [0.1, 0.15) is 11.3 Å². The van der Waals surface area contributed by atoms with E-state index >= 15 is 0 Å². The van der Waals surface area contributed by atoms with Gasteiger partial charge >= 0.3 is 5.91 Å². The van der Waals surface area contributed by atoms with Crippen LogP contribution in [0.15, 0.2) is 18.2 Å². The van der Waals surface area contributed by atoms with Crippen molar-refractivity contribution in [2.75, 3.05) is 20.6 Å². The zero-order valence-corrected chi connectivity index (χ0v) is 11.9. The molecule has 0 radical (unpaired) electrons. The van der Waals surface area contributed by atoms with E-state index in [1.165, 1.54) is 0 Å². The summed E-state index contributed by atoms with van der Waals surface area (Å²) in [5, 5.41) is 9.87. The van der Waals surface area contributed by atoms with Crippen molar-refractivity contribution >= 4 is 5.91 Å². The first kappa shape index (κ1) is 14.7. The highest BCUT2D eigenvalue weighted by molar-refractivity contribution is 5.91. The monoisotopic (exact) mass is 250 g/mol. The summed E-state index contributed by atoms with van der Waals surface area (Å²) in [5.41, 5.74) is 1.38. The van der Waals surface area contributed by atoms with Gasteiger partial charge in [-0.25, -0.2) is 4.79 Å². The molecule has 0 saturated carbocycles. The molecule has 0 bridgehead atoms. The lowest BCUT2D eigenvalue weighted by Gasteiger charge is -2.27. The van der Waals surface area contributed by atoms with Gasteiger partial charge in [-0.05, 0) is 37.5 Å². The summed E-state index contributed by atoms with van der Waals surface area (Å²) in [6.07, 6.45) is 3.31. The molecule has 0 aliphatic carbocycles. The van der Waals surface area contributed by atoms with Gasteiger partial charge in [0.25, 0.3) is 0 Å². The van der Waals surface area contributed by atoms with Crippen molar-refractivity contribution in [2.45, 2.75) is 33.1 Å². The number of unbranched alkanes of at least 4 members (excludes halogenated alkanes) is 2. The second-order valence-corrected chi connectivity index (χ2v) is 5.44. The second kappa shape index (κ2) is 6.01. The van der Waals surface area contributed by atoms with Gasteiger partial charge in [-0.15, -0.1) is 0 Å². The first-order valence-corrected chi connectivity index (χ1v) is 6.56. The topological polar surface area (TPSA) is 37.3 Å². The van der Waals surface area contributed by atoms with Crippen LogP contribution in [0, 0.1) is 6.92 Å². The van der Waals surface area contributed by atoms with Crippen molar-refractivity contribution in [3.63, 3.8) is 0 Å². The van der Waals surface area contributed by atoms with Crippen molar-refractivity contribution in [1.29, 1.82) is 0 Å². The Balaban J connectivity index is 2.84. The molecule has 0 atom stereocenters. The predicted octanol–water partition coefficient (Wildman–Crippen LogP) is 3.11. The smallest absolute Gasteiger partial charge is 0.349 e. The summed E-state index contributed by atoms with van der Waals surface area (Å²) in [5.74, 6) is 0.0605. The highest BCUT2D eigenvalue weighted by Crippen LogP contribution is 2.22. The van der Waals surface area contributed by atoms with Crippen LogP contribution >= 0.6 is 0 Å². The van der Waals surface area contributed by atoms with Gasteiger partial charge in [0.15, 0.2) is 0 Å². The molecule has 1 rings (SSSR count). The number of phenolic OH excluding ortho intramolecular Hbond substituents is 1. The van der Waals surface area contributed by atoms with Crippen molar-refractivity contribution < 1.29 is 14.4 Å². The summed E-state index contributed by atoms with van der Waals surface area (Å²) in [4.78, 5) is 12.4. The van der Waals surface area contributed by atoms with Gasteiger partial charge in [0, 0.05) is 0 Å². The van der Waals surface area contributed by atoms with Crippen molar-refractivity contribution in [3.8, 4) is 5.75 Å². The third-order valence-electron chi connectivity index (χ3n) is 3.25. The molecule has 0 unspecified atom stereocenters. The Hall–Kier alpha value is -1.35. The Morgan fingerprint density at radius 2 is 1.94 bits per heavy atom. The molecule has 0 fully saturated rings. The molecule has 1 aromatic rings. The number of nitrogens with zero attached hydrogens (tertiary/aromatic N) is 1. The minimum absolute atomic E-state index is 0.0244. The SMILES string of the molecule is CCCCC[N+](C)(C)C(=O)c1ccc(C)cc1O.